The van der Waals surface area contributed by atoms with Gasteiger partial charge in [-0.15, -0.1) is 0 Å². The molecule has 0 N–H and O–H groups in total. The number of rotatable bonds is 3. The van der Waals surface area contributed by atoms with E-state index in [-0.39, 0.29) is 0 Å². The third-order valence-electron chi connectivity index (χ3n) is 4.73. The molecule has 0 unspecified atom stereocenters. The standard InChI is InChI=1S/C22H15N5S/c1-14-18(12-23)21-17-7-3-5-9-20(17)25-22(27(21)26-14)28-13-16-11-10-15-6-2-4-8-19(15)24-16/h2-11H,13H2,1H3. The van der Waals surface area contributed by atoms with E-state index in [2.05, 4.69) is 23.3 Å². The number of thioether (sulfide) groups is 1. The van der Waals surface area contributed by atoms with E-state index in [9.17, 15) is 5.26 Å². The highest BCUT2D eigenvalue weighted by Gasteiger charge is 2.17. The van der Waals surface area contributed by atoms with Crippen LogP contribution >= 0.6 is 11.8 Å². The van der Waals surface area contributed by atoms with Crippen LogP contribution in [-0.4, -0.2) is 19.6 Å². The van der Waals surface area contributed by atoms with E-state index in [4.69, 9.17) is 9.97 Å². The van der Waals surface area contributed by atoms with Crippen molar-refractivity contribution in [1.82, 2.24) is 19.6 Å². The Morgan fingerprint density at radius 3 is 2.61 bits per heavy atom. The third-order valence-corrected chi connectivity index (χ3v) is 5.70. The molecule has 134 valence electrons. The van der Waals surface area contributed by atoms with Gasteiger partial charge in [-0.25, -0.2) is 9.50 Å². The lowest BCUT2D eigenvalue weighted by Crippen LogP contribution is -1.99. The normalized spacial score (nSPS) is 11.3. The molecule has 0 fully saturated rings. The predicted octanol–water partition coefficient (Wildman–Crippen LogP) is 4.90. The molecule has 0 amide bonds. The number of pyridine rings is 1. The fourth-order valence-electron chi connectivity index (χ4n) is 3.39. The summed E-state index contributed by atoms with van der Waals surface area (Å²) in [4.78, 5) is 9.54. The molecule has 5 rings (SSSR count). The highest BCUT2D eigenvalue weighted by Crippen LogP contribution is 2.29. The van der Waals surface area contributed by atoms with Crippen molar-refractivity contribution in [3.8, 4) is 6.07 Å². The number of hydrogen-bond acceptors (Lipinski definition) is 5. The summed E-state index contributed by atoms with van der Waals surface area (Å²) in [5, 5.41) is 17.0. The van der Waals surface area contributed by atoms with Gasteiger partial charge in [0.05, 0.1) is 27.9 Å². The minimum absolute atomic E-state index is 0.601. The van der Waals surface area contributed by atoms with Crippen molar-refractivity contribution in [3.05, 3.63) is 77.6 Å². The zero-order valence-electron chi connectivity index (χ0n) is 15.1. The lowest BCUT2D eigenvalue weighted by Gasteiger charge is -2.07. The average molecular weight is 381 g/mol. The van der Waals surface area contributed by atoms with Crippen LogP contribution in [0.1, 0.15) is 17.0 Å². The number of benzene rings is 2. The van der Waals surface area contributed by atoms with E-state index in [1.807, 2.05) is 55.5 Å². The predicted molar refractivity (Wildman–Crippen MR) is 111 cm³/mol. The number of aryl methyl sites for hydroxylation is 1. The van der Waals surface area contributed by atoms with Crippen molar-refractivity contribution in [2.45, 2.75) is 17.8 Å². The number of nitriles is 1. The van der Waals surface area contributed by atoms with E-state index in [0.29, 0.717) is 17.0 Å². The lowest BCUT2D eigenvalue weighted by molar-refractivity contribution is 0.797. The first-order chi connectivity index (χ1) is 13.7. The smallest absolute Gasteiger partial charge is 0.190 e. The van der Waals surface area contributed by atoms with Gasteiger partial charge in [-0.1, -0.05) is 54.2 Å². The molecular formula is C22H15N5S. The quantitative estimate of drug-likeness (QED) is 0.328. The van der Waals surface area contributed by atoms with Gasteiger partial charge < -0.3 is 0 Å². The molecule has 0 saturated heterocycles. The maximum atomic E-state index is 9.62. The van der Waals surface area contributed by atoms with Crippen LogP contribution in [0.3, 0.4) is 0 Å². The number of para-hydroxylation sites is 2. The molecule has 0 radical (unpaired) electrons. The molecule has 2 aromatic carbocycles. The zero-order chi connectivity index (χ0) is 19.1. The van der Waals surface area contributed by atoms with Gasteiger partial charge in [0.25, 0.3) is 0 Å². The van der Waals surface area contributed by atoms with Gasteiger partial charge in [0.2, 0.25) is 0 Å². The summed E-state index contributed by atoms with van der Waals surface area (Å²) >= 11 is 1.58. The first-order valence-electron chi connectivity index (χ1n) is 8.90. The highest BCUT2D eigenvalue weighted by atomic mass is 32.2. The van der Waals surface area contributed by atoms with E-state index >= 15 is 0 Å². The van der Waals surface area contributed by atoms with Crippen molar-refractivity contribution in [1.29, 1.82) is 5.26 Å². The van der Waals surface area contributed by atoms with Gasteiger partial charge >= 0.3 is 0 Å². The molecule has 6 heteroatoms. The lowest BCUT2D eigenvalue weighted by atomic mass is 10.1. The maximum Gasteiger partial charge on any atom is 0.190 e. The van der Waals surface area contributed by atoms with Crippen LogP contribution < -0.4 is 0 Å². The van der Waals surface area contributed by atoms with Gasteiger partial charge in [-0.05, 0) is 25.1 Å². The van der Waals surface area contributed by atoms with Crippen molar-refractivity contribution >= 4 is 39.1 Å². The Bertz CT molecular complexity index is 1400. The summed E-state index contributed by atoms with van der Waals surface area (Å²) < 4.78 is 1.79. The Labute approximate surface area is 165 Å². The molecule has 28 heavy (non-hydrogen) atoms. The molecule has 0 atom stereocenters. The van der Waals surface area contributed by atoms with Gasteiger partial charge in [0, 0.05) is 16.5 Å². The second-order valence-electron chi connectivity index (χ2n) is 6.53. The minimum Gasteiger partial charge on any atom is -0.252 e. The summed E-state index contributed by atoms with van der Waals surface area (Å²) in [6.07, 6.45) is 0. The molecule has 0 saturated carbocycles. The van der Waals surface area contributed by atoms with Crippen LogP contribution in [0.5, 0.6) is 0 Å². The summed E-state index contributed by atoms with van der Waals surface area (Å²) in [5.74, 6) is 0.673. The zero-order valence-corrected chi connectivity index (χ0v) is 15.9. The van der Waals surface area contributed by atoms with Crippen molar-refractivity contribution in [3.63, 3.8) is 0 Å². The van der Waals surface area contributed by atoms with E-state index in [1.165, 1.54) is 0 Å². The molecule has 0 bridgehead atoms. The Hall–Kier alpha value is -3.43. The molecule has 5 nitrogen and oxygen atoms in total. The summed E-state index contributed by atoms with van der Waals surface area (Å²) in [5.41, 5.74) is 4.96. The van der Waals surface area contributed by atoms with Crippen molar-refractivity contribution in [2.24, 2.45) is 0 Å². The van der Waals surface area contributed by atoms with E-state index in [1.54, 1.807) is 16.3 Å². The largest absolute Gasteiger partial charge is 0.252 e. The Morgan fingerprint density at radius 1 is 0.964 bits per heavy atom. The third kappa shape index (κ3) is 2.68. The van der Waals surface area contributed by atoms with E-state index < -0.39 is 0 Å². The summed E-state index contributed by atoms with van der Waals surface area (Å²) in [6, 6.07) is 22.4. The second-order valence-corrected chi connectivity index (χ2v) is 7.47. The molecule has 0 aliphatic rings. The topological polar surface area (TPSA) is 66.9 Å². The number of nitrogens with zero attached hydrogens (tertiary/aromatic N) is 5. The Morgan fingerprint density at radius 2 is 1.75 bits per heavy atom. The fourth-order valence-corrected chi connectivity index (χ4v) is 4.25. The SMILES string of the molecule is Cc1nn2c(SCc3ccc4ccccc4n3)nc3ccccc3c2c1C#N. The van der Waals surface area contributed by atoms with Gasteiger partial charge in [0.15, 0.2) is 5.16 Å². The van der Waals surface area contributed by atoms with Crippen LogP contribution in [0.4, 0.5) is 0 Å². The molecule has 0 aliphatic carbocycles. The highest BCUT2D eigenvalue weighted by molar-refractivity contribution is 7.98. The first-order valence-corrected chi connectivity index (χ1v) is 9.89. The van der Waals surface area contributed by atoms with Crippen LogP contribution in [0, 0.1) is 18.3 Å². The minimum atomic E-state index is 0.601. The second kappa shape index (κ2) is 6.63. The monoisotopic (exact) mass is 381 g/mol. The van der Waals surface area contributed by atoms with Gasteiger partial charge in [0.1, 0.15) is 11.6 Å². The van der Waals surface area contributed by atoms with Crippen LogP contribution in [0.15, 0.2) is 65.8 Å². The fraction of sp³-hybridized carbons (Fsp3) is 0.0909. The molecule has 0 spiro atoms. The van der Waals surface area contributed by atoms with Crippen LogP contribution in [0.2, 0.25) is 0 Å². The van der Waals surface area contributed by atoms with Gasteiger partial charge in [-0.2, -0.15) is 10.4 Å². The number of hydrogen-bond donors (Lipinski definition) is 0. The van der Waals surface area contributed by atoms with E-state index in [0.717, 1.165) is 38.2 Å². The molecule has 5 aromatic rings. The van der Waals surface area contributed by atoms with Crippen LogP contribution in [-0.2, 0) is 5.75 Å². The molecule has 3 aromatic heterocycles. The van der Waals surface area contributed by atoms with Crippen molar-refractivity contribution in [2.75, 3.05) is 0 Å². The summed E-state index contributed by atoms with van der Waals surface area (Å²) in [6.45, 7) is 1.86. The maximum absolute atomic E-state index is 9.62. The molecule has 3 heterocycles. The van der Waals surface area contributed by atoms with Crippen molar-refractivity contribution < 1.29 is 0 Å². The molecular weight excluding hydrogens is 366 g/mol. The summed E-state index contributed by atoms with van der Waals surface area (Å²) in [7, 11) is 0. The Balaban J connectivity index is 1.60. The number of aromatic nitrogens is 4. The molecule has 0 aliphatic heterocycles. The first kappa shape index (κ1) is 16.7. The van der Waals surface area contributed by atoms with Crippen LogP contribution in [0.25, 0.3) is 27.3 Å². The number of fused-ring (bicyclic) bond motifs is 4. The van der Waals surface area contributed by atoms with Gasteiger partial charge in [-0.3, -0.25) is 4.98 Å². The average Bonchev–Trinajstić information content (AvgIpc) is 3.08. The Kier molecular flexibility index (Phi) is 3.96.